The van der Waals surface area contributed by atoms with Gasteiger partial charge >= 0.3 is 6.09 Å². The first-order chi connectivity index (χ1) is 12.5. The summed E-state index contributed by atoms with van der Waals surface area (Å²) in [5.41, 5.74) is 1.91. The van der Waals surface area contributed by atoms with Gasteiger partial charge in [-0.15, -0.1) is 0 Å². The molecule has 7 heteroatoms. The van der Waals surface area contributed by atoms with Crippen molar-refractivity contribution in [3.05, 3.63) is 23.8 Å². The van der Waals surface area contributed by atoms with Gasteiger partial charge in [-0.3, -0.25) is 9.59 Å². The van der Waals surface area contributed by atoms with Crippen molar-refractivity contribution in [3.8, 4) is 0 Å². The van der Waals surface area contributed by atoms with Gasteiger partial charge in [0.2, 0.25) is 11.8 Å². The van der Waals surface area contributed by atoms with Gasteiger partial charge in [0.05, 0.1) is 0 Å². The van der Waals surface area contributed by atoms with Crippen molar-refractivity contribution >= 4 is 29.3 Å². The van der Waals surface area contributed by atoms with Gasteiger partial charge in [-0.05, 0) is 56.9 Å². The lowest BCUT2D eigenvalue weighted by Gasteiger charge is -2.25. The molecule has 27 heavy (non-hydrogen) atoms. The van der Waals surface area contributed by atoms with E-state index in [1.807, 2.05) is 26.0 Å². The summed E-state index contributed by atoms with van der Waals surface area (Å²) in [5.74, 6) is -0.413. The lowest BCUT2D eigenvalue weighted by Crippen LogP contribution is -2.48. The van der Waals surface area contributed by atoms with Crippen molar-refractivity contribution in [1.29, 1.82) is 0 Å². The van der Waals surface area contributed by atoms with Crippen LogP contribution in [0.2, 0.25) is 0 Å². The number of hydrogen-bond donors (Lipinski definition) is 2. The second-order valence-corrected chi connectivity index (χ2v) is 8.12. The van der Waals surface area contributed by atoms with Crippen molar-refractivity contribution in [2.75, 3.05) is 16.8 Å². The molecular formula is C20H29N3O4. The second-order valence-electron chi connectivity index (χ2n) is 8.12. The van der Waals surface area contributed by atoms with Gasteiger partial charge < -0.3 is 20.3 Å². The normalized spacial score (nSPS) is 14.6. The van der Waals surface area contributed by atoms with E-state index in [1.165, 1.54) is 0 Å². The SMILES string of the molecule is CC(=O)N1CCc2cc(NC(=O)[C@@H](NC(=O)OC(C)(C)C)C(C)C)ccc21. The highest BCUT2D eigenvalue weighted by Gasteiger charge is 2.28. The van der Waals surface area contributed by atoms with Crippen molar-refractivity contribution in [2.45, 2.75) is 59.6 Å². The maximum Gasteiger partial charge on any atom is 0.408 e. The van der Waals surface area contributed by atoms with E-state index in [4.69, 9.17) is 4.74 Å². The van der Waals surface area contributed by atoms with Gasteiger partial charge in [0.15, 0.2) is 0 Å². The second kappa shape index (κ2) is 7.98. The average molecular weight is 375 g/mol. The Morgan fingerprint density at radius 2 is 1.85 bits per heavy atom. The molecule has 0 bridgehead atoms. The van der Waals surface area contributed by atoms with Crippen LogP contribution in [0.15, 0.2) is 18.2 Å². The van der Waals surface area contributed by atoms with Crippen LogP contribution in [0.4, 0.5) is 16.2 Å². The molecule has 0 aliphatic carbocycles. The summed E-state index contributed by atoms with van der Waals surface area (Å²) in [7, 11) is 0. The fraction of sp³-hybridized carbons (Fsp3) is 0.550. The van der Waals surface area contributed by atoms with Crippen molar-refractivity contribution in [2.24, 2.45) is 5.92 Å². The summed E-state index contributed by atoms with van der Waals surface area (Å²) in [6.07, 6.45) is 0.130. The number of benzene rings is 1. The van der Waals surface area contributed by atoms with E-state index in [9.17, 15) is 14.4 Å². The molecule has 0 fully saturated rings. The fourth-order valence-electron chi connectivity index (χ4n) is 3.00. The first kappa shape index (κ1) is 20.7. The van der Waals surface area contributed by atoms with Gasteiger partial charge in [0.25, 0.3) is 0 Å². The number of nitrogens with zero attached hydrogens (tertiary/aromatic N) is 1. The molecule has 1 aromatic rings. The number of fused-ring (bicyclic) bond motifs is 1. The van der Waals surface area contributed by atoms with Crippen LogP contribution in [0, 0.1) is 5.92 Å². The molecule has 3 amide bonds. The number of carbonyl (C=O) groups is 3. The molecule has 1 aliphatic heterocycles. The Morgan fingerprint density at radius 3 is 2.41 bits per heavy atom. The zero-order valence-corrected chi connectivity index (χ0v) is 16.9. The van der Waals surface area contributed by atoms with Crippen LogP contribution in [0.25, 0.3) is 0 Å². The Labute approximate surface area is 160 Å². The lowest BCUT2D eigenvalue weighted by molar-refractivity contribution is -0.119. The Balaban J connectivity index is 2.08. The number of ether oxygens (including phenoxy) is 1. The van der Waals surface area contributed by atoms with Crippen LogP contribution in [0.5, 0.6) is 0 Å². The van der Waals surface area contributed by atoms with Gasteiger partial charge in [0.1, 0.15) is 11.6 Å². The molecule has 0 saturated carbocycles. The molecule has 2 N–H and O–H groups in total. The van der Waals surface area contributed by atoms with E-state index in [-0.39, 0.29) is 17.7 Å². The highest BCUT2D eigenvalue weighted by Crippen LogP contribution is 2.30. The summed E-state index contributed by atoms with van der Waals surface area (Å²) >= 11 is 0. The van der Waals surface area contributed by atoms with Crippen LogP contribution in [-0.4, -0.2) is 36.1 Å². The number of anilines is 2. The molecule has 1 heterocycles. The third-order valence-corrected chi connectivity index (χ3v) is 4.24. The first-order valence-electron chi connectivity index (χ1n) is 9.19. The molecule has 2 rings (SSSR count). The fourth-order valence-corrected chi connectivity index (χ4v) is 3.00. The van der Waals surface area contributed by atoms with Gasteiger partial charge in [0, 0.05) is 24.8 Å². The standard InChI is InChI=1S/C20H29N3O4/c1-12(2)17(22-19(26)27-20(4,5)6)18(25)21-15-7-8-16-14(11-15)9-10-23(16)13(3)24/h7-8,11-12,17H,9-10H2,1-6H3,(H,21,25)(H,22,26)/t17-/m0/s1. The van der Waals surface area contributed by atoms with Crippen LogP contribution in [-0.2, 0) is 20.7 Å². The minimum atomic E-state index is -0.721. The predicted molar refractivity (Wildman–Crippen MR) is 105 cm³/mol. The maximum absolute atomic E-state index is 12.7. The number of carbonyl (C=O) groups excluding carboxylic acids is 3. The topological polar surface area (TPSA) is 87.7 Å². The summed E-state index contributed by atoms with van der Waals surface area (Å²) < 4.78 is 5.25. The van der Waals surface area contributed by atoms with E-state index in [0.29, 0.717) is 12.2 Å². The molecule has 148 valence electrons. The van der Waals surface area contributed by atoms with Gasteiger partial charge in [-0.2, -0.15) is 0 Å². The minimum absolute atomic E-state index is 0.00645. The summed E-state index contributed by atoms with van der Waals surface area (Å²) in [6, 6.07) is 4.76. The van der Waals surface area contributed by atoms with E-state index < -0.39 is 17.7 Å². The first-order valence-corrected chi connectivity index (χ1v) is 9.19. The zero-order valence-electron chi connectivity index (χ0n) is 16.9. The summed E-state index contributed by atoms with van der Waals surface area (Å²) in [4.78, 5) is 38.1. The number of hydrogen-bond acceptors (Lipinski definition) is 4. The summed E-state index contributed by atoms with van der Waals surface area (Å²) in [6.45, 7) is 11.2. The van der Waals surface area contributed by atoms with Gasteiger partial charge in [-0.1, -0.05) is 13.8 Å². The quantitative estimate of drug-likeness (QED) is 0.846. The molecule has 1 atom stereocenters. The molecule has 0 spiro atoms. The van der Waals surface area contributed by atoms with Gasteiger partial charge in [-0.25, -0.2) is 4.79 Å². The smallest absolute Gasteiger partial charge is 0.408 e. The molecule has 0 saturated heterocycles. The monoisotopic (exact) mass is 375 g/mol. The van der Waals surface area contributed by atoms with Crippen molar-refractivity contribution < 1.29 is 19.1 Å². The van der Waals surface area contributed by atoms with E-state index in [2.05, 4.69) is 10.6 Å². The largest absolute Gasteiger partial charge is 0.444 e. The third-order valence-electron chi connectivity index (χ3n) is 4.24. The zero-order chi connectivity index (χ0) is 20.4. The van der Waals surface area contributed by atoms with E-state index >= 15 is 0 Å². The lowest BCUT2D eigenvalue weighted by atomic mass is 10.0. The molecule has 1 aromatic carbocycles. The summed E-state index contributed by atoms with van der Waals surface area (Å²) in [5, 5.41) is 5.49. The van der Waals surface area contributed by atoms with Crippen LogP contribution >= 0.6 is 0 Å². The molecular weight excluding hydrogens is 346 g/mol. The third kappa shape index (κ3) is 5.45. The Morgan fingerprint density at radius 1 is 1.19 bits per heavy atom. The van der Waals surface area contributed by atoms with E-state index in [0.717, 1.165) is 17.7 Å². The number of nitrogens with one attached hydrogen (secondary N) is 2. The minimum Gasteiger partial charge on any atom is -0.444 e. The molecule has 0 radical (unpaired) electrons. The van der Waals surface area contributed by atoms with E-state index in [1.54, 1.807) is 38.7 Å². The Bertz CT molecular complexity index is 737. The van der Waals surface area contributed by atoms with Crippen LogP contribution in [0.3, 0.4) is 0 Å². The maximum atomic E-state index is 12.7. The number of alkyl carbamates (subject to hydrolysis) is 1. The molecule has 0 unspecified atom stereocenters. The van der Waals surface area contributed by atoms with Crippen LogP contribution < -0.4 is 15.5 Å². The molecule has 0 aromatic heterocycles. The Kier molecular flexibility index (Phi) is 6.13. The highest BCUT2D eigenvalue weighted by molar-refractivity contribution is 5.98. The predicted octanol–water partition coefficient (Wildman–Crippen LogP) is 3.08. The Hall–Kier alpha value is -2.57. The highest BCUT2D eigenvalue weighted by atomic mass is 16.6. The van der Waals surface area contributed by atoms with Crippen molar-refractivity contribution in [1.82, 2.24) is 5.32 Å². The van der Waals surface area contributed by atoms with Crippen molar-refractivity contribution in [3.63, 3.8) is 0 Å². The number of rotatable bonds is 4. The molecule has 1 aliphatic rings. The average Bonchev–Trinajstić information content (AvgIpc) is 2.93. The van der Waals surface area contributed by atoms with Crippen LogP contribution in [0.1, 0.15) is 47.1 Å². The number of amides is 3. The molecule has 7 nitrogen and oxygen atoms in total.